The Morgan fingerprint density at radius 3 is 1.11 bits per heavy atom. The summed E-state index contributed by atoms with van der Waals surface area (Å²) in [6, 6.07) is 0. The van der Waals surface area contributed by atoms with Crippen molar-refractivity contribution in [3.05, 3.63) is 122 Å². The second-order valence-corrected chi connectivity index (χ2v) is 19.8. The monoisotopic (exact) mass is 1050 g/mol. The summed E-state index contributed by atoms with van der Waals surface area (Å²) < 4.78 is 39.4. The molecular weight excluding hydrogens is 952 g/mol. The van der Waals surface area contributed by atoms with E-state index in [9.17, 15) is 28.9 Å². The van der Waals surface area contributed by atoms with E-state index in [0.29, 0.717) is 19.3 Å². The maximum atomic E-state index is 12.9. The highest BCUT2D eigenvalue weighted by atomic mass is 31.2. The molecule has 0 bridgehead atoms. The summed E-state index contributed by atoms with van der Waals surface area (Å²) in [5.41, 5.74) is 0. The van der Waals surface area contributed by atoms with E-state index in [0.717, 1.165) is 154 Å². The number of phosphoric acid groups is 1. The number of allylic oxidation sites excluding steroid dienone is 20. The Bertz CT molecular complexity index is 1700. The molecular formula is C62H101O11P. The van der Waals surface area contributed by atoms with Gasteiger partial charge < -0.3 is 24.2 Å². The number of aliphatic hydroxyl groups is 1. The molecule has 74 heavy (non-hydrogen) atoms. The lowest BCUT2D eigenvalue weighted by Gasteiger charge is -2.21. The minimum atomic E-state index is -4.77. The molecule has 0 aliphatic rings. The summed E-state index contributed by atoms with van der Waals surface area (Å²) in [5.74, 6) is -1.56. The zero-order valence-corrected chi connectivity index (χ0v) is 47.2. The third-order valence-electron chi connectivity index (χ3n) is 11.3. The molecule has 0 aliphatic carbocycles. The fourth-order valence-electron chi connectivity index (χ4n) is 7.08. The van der Waals surface area contributed by atoms with E-state index in [2.05, 4.69) is 142 Å². The fraction of sp³-hybridized carbons (Fsp3) is 0.629. The molecule has 0 fully saturated rings. The third kappa shape index (κ3) is 52.7. The van der Waals surface area contributed by atoms with Gasteiger partial charge in [0.05, 0.1) is 19.8 Å². The Kier molecular flexibility index (Phi) is 52.1. The Hall–Kier alpha value is -4.12. The highest BCUT2D eigenvalue weighted by Crippen LogP contribution is 2.43. The molecule has 0 rings (SSSR count). The molecule has 0 radical (unpaired) electrons. The maximum absolute atomic E-state index is 12.9. The van der Waals surface area contributed by atoms with Crippen molar-refractivity contribution in [1.29, 1.82) is 0 Å². The first-order chi connectivity index (χ1) is 36.2. The van der Waals surface area contributed by atoms with Crippen LogP contribution in [0.3, 0.4) is 0 Å². The number of hydrogen-bond donors (Lipinski definition) is 2. The topological polar surface area (TPSA) is 155 Å². The predicted octanol–water partition coefficient (Wildman–Crippen LogP) is 16.8. The SMILES string of the molecule is CC/C=C\C/C=C\C/C=C\C/C=C\CCCCCCCCC(=O)OCC(COP(=O)(O)OCC(CO)OC(=O)CCCCCCC/C=C\C/C=C\CCC)OC(=O)CCCC/C=C\C/C=C\C/C=C\C/C=C\CC. The van der Waals surface area contributed by atoms with Gasteiger partial charge in [0.15, 0.2) is 6.10 Å². The van der Waals surface area contributed by atoms with E-state index in [4.69, 9.17) is 23.3 Å². The summed E-state index contributed by atoms with van der Waals surface area (Å²) in [4.78, 5) is 48.5. The molecule has 2 N–H and O–H groups in total. The van der Waals surface area contributed by atoms with Crippen molar-refractivity contribution in [3.8, 4) is 0 Å². The van der Waals surface area contributed by atoms with E-state index in [1.807, 2.05) is 0 Å². The first-order valence-corrected chi connectivity index (χ1v) is 29.9. The van der Waals surface area contributed by atoms with Gasteiger partial charge in [-0.05, 0) is 122 Å². The molecule has 3 atom stereocenters. The standard InChI is InChI=1S/C62H101O11P/c1-4-7-10-13-16-19-22-25-27-28-29-30-32-34-36-39-42-45-48-51-60(64)69-55-59(73-62(66)53-50-47-44-41-38-35-31-26-23-20-17-14-11-8-5-2)57-71-74(67,68)70-56-58(54-63)72-61(65)52-49-46-43-40-37-33-24-21-18-15-12-9-6-3/h7-8,10-12,15-17,19-21,24-27,29-31,38,41,58-59,63H,4-6,9,13-14,18,22-23,28,32-37,39-40,42-57H2,1-3H3,(H,67,68)/b10-7-,11-8-,15-12-,19-16-,20-17-,24-21-,27-25-,30-29-,31-26-,41-38-. The third-order valence-corrected chi connectivity index (χ3v) is 12.3. The lowest BCUT2D eigenvalue weighted by Crippen LogP contribution is -2.30. The lowest BCUT2D eigenvalue weighted by atomic mass is 10.1. The average Bonchev–Trinajstić information content (AvgIpc) is 3.39. The van der Waals surface area contributed by atoms with Crippen LogP contribution in [0.1, 0.15) is 213 Å². The smallest absolute Gasteiger partial charge is 0.462 e. The van der Waals surface area contributed by atoms with E-state index in [1.165, 1.54) is 0 Å². The van der Waals surface area contributed by atoms with Crippen LogP contribution < -0.4 is 0 Å². The molecule has 11 nitrogen and oxygen atoms in total. The molecule has 12 heteroatoms. The summed E-state index contributed by atoms with van der Waals surface area (Å²) in [6.45, 7) is 4.25. The summed E-state index contributed by atoms with van der Waals surface area (Å²) >= 11 is 0. The van der Waals surface area contributed by atoms with Gasteiger partial charge in [0.25, 0.3) is 0 Å². The number of carbonyl (C=O) groups is 3. The zero-order chi connectivity index (χ0) is 54.1. The van der Waals surface area contributed by atoms with E-state index in [1.54, 1.807) is 0 Å². The first kappa shape index (κ1) is 69.9. The zero-order valence-electron chi connectivity index (χ0n) is 46.3. The molecule has 0 aliphatic heterocycles. The number of rotatable bonds is 51. The van der Waals surface area contributed by atoms with E-state index < -0.39 is 57.8 Å². The number of phosphoric ester groups is 1. The van der Waals surface area contributed by atoms with Crippen molar-refractivity contribution in [1.82, 2.24) is 0 Å². The summed E-state index contributed by atoms with van der Waals surface area (Å²) in [5, 5.41) is 9.80. The van der Waals surface area contributed by atoms with Gasteiger partial charge in [-0.2, -0.15) is 0 Å². The van der Waals surface area contributed by atoms with Gasteiger partial charge in [-0.3, -0.25) is 23.4 Å². The van der Waals surface area contributed by atoms with Crippen molar-refractivity contribution in [3.63, 3.8) is 0 Å². The molecule has 0 spiro atoms. The first-order valence-electron chi connectivity index (χ1n) is 28.4. The van der Waals surface area contributed by atoms with Crippen molar-refractivity contribution < 1.29 is 52.2 Å². The number of carbonyl (C=O) groups excluding carboxylic acids is 3. The van der Waals surface area contributed by atoms with Crippen LogP contribution in [0.4, 0.5) is 0 Å². The Morgan fingerprint density at radius 1 is 0.392 bits per heavy atom. The van der Waals surface area contributed by atoms with Crippen LogP contribution in [0.25, 0.3) is 0 Å². The predicted molar refractivity (Wildman–Crippen MR) is 306 cm³/mol. The normalized spacial score (nSPS) is 14.3. The van der Waals surface area contributed by atoms with Crippen molar-refractivity contribution in [2.75, 3.05) is 26.4 Å². The Balaban J connectivity index is 4.83. The van der Waals surface area contributed by atoms with E-state index >= 15 is 0 Å². The van der Waals surface area contributed by atoms with Crippen LogP contribution in [-0.2, 0) is 42.2 Å². The summed E-state index contributed by atoms with van der Waals surface area (Å²) in [6.07, 6.45) is 67.3. The van der Waals surface area contributed by atoms with Gasteiger partial charge in [-0.15, -0.1) is 0 Å². The van der Waals surface area contributed by atoms with Crippen LogP contribution >= 0.6 is 7.82 Å². The fourth-order valence-corrected chi connectivity index (χ4v) is 7.86. The minimum Gasteiger partial charge on any atom is -0.462 e. The van der Waals surface area contributed by atoms with E-state index in [-0.39, 0.29) is 25.9 Å². The number of ether oxygens (including phenoxy) is 3. The molecule has 3 unspecified atom stereocenters. The molecule has 420 valence electrons. The van der Waals surface area contributed by atoms with Gasteiger partial charge in [0, 0.05) is 19.3 Å². The van der Waals surface area contributed by atoms with Crippen LogP contribution in [0.15, 0.2) is 122 Å². The van der Waals surface area contributed by atoms with Crippen molar-refractivity contribution in [2.24, 2.45) is 0 Å². The van der Waals surface area contributed by atoms with Gasteiger partial charge >= 0.3 is 25.7 Å². The molecule has 0 aromatic rings. The van der Waals surface area contributed by atoms with Crippen LogP contribution in [-0.4, -0.2) is 66.5 Å². The van der Waals surface area contributed by atoms with Gasteiger partial charge in [-0.1, -0.05) is 194 Å². The maximum Gasteiger partial charge on any atom is 0.472 e. The Morgan fingerprint density at radius 2 is 0.703 bits per heavy atom. The number of aliphatic hydroxyl groups excluding tert-OH is 1. The molecule has 0 aromatic carbocycles. The van der Waals surface area contributed by atoms with Crippen molar-refractivity contribution in [2.45, 2.75) is 226 Å². The van der Waals surface area contributed by atoms with Gasteiger partial charge in [0.2, 0.25) is 0 Å². The number of esters is 3. The van der Waals surface area contributed by atoms with Crippen LogP contribution in [0, 0.1) is 0 Å². The molecule has 0 heterocycles. The molecule has 0 aromatic heterocycles. The second-order valence-electron chi connectivity index (χ2n) is 18.3. The Labute approximate surface area is 449 Å². The lowest BCUT2D eigenvalue weighted by molar-refractivity contribution is -0.161. The average molecular weight is 1050 g/mol. The highest BCUT2D eigenvalue weighted by molar-refractivity contribution is 7.47. The number of unbranched alkanes of at least 4 members (excludes halogenated alkanes) is 14. The number of hydrogen-bond acceptors (Lipinski definition) is 10. The summed E-state index contributed by atoms with van der Waals surface area (Å²) in [7, 11) is -4.77. The second kappa shape index (κ2) is 55.1. The molecule has 0 saturated heterocycles. The molecule has 0 saturated carbocycles. The minimum absolute atomic E-state index is 0.104. The quantitative estimate of drug-likeness (QED) is 0.0197. The van der Waals surface area contributed by atoms with Crippen LogP contribution in [0.5, 0.6) is 0 Å². The van der Waals surface area contributed by atoms with Gasteiger partial charge in [0.1, 0.15) is 12.7 Å². The van der Waals surface area contributed by atoms with Crippen molar-refractivity contribution >= 4 is 25.7 Å². The largest absolute Gasteiger partial charge is 0.472 e. The molecule has 0 amide bonds. The highest BCUT2D eigenvalue weighted by Gasteiger charge is 2.28. The van der Waals surface area contributed by atoms with Crippen LogP contribution in [0.2, 0.25) is 0 Å². The van der Waals surface area contributed by atoms with Gasteiger partial charge in [-0.25, -0.2) is 4.57 Å².